The van der Waals surface area contributed by atoms with Crippen LogP contribution in [0, 0.1) is 24.2 Å². The van der Waals surface area contributed by atoms with Crippen molar-refractivity contribution in [3.8, 4) is 5.75 Å². The van der Waals surface area contributed by atoms with Crippen molar-refractivity contribution in [1.29, 1.82) is 0 Å². The molecule has 0 N–H and O–H groups in total. The number of rotatable bonds is 2. The van der Waals surface area contributed by atoms with Crippen LogP contribution in [0.4, 0.5) is 13.2 Å². The normalized spacial score (nSPS) is 32.5. The van der Waals surface area contributed by atoms with Gasteiger partial charge in [0.2, 0.25) is 0 Å². The van der Waals surface area contributed by atoms with Gasteiger partial charge in [0, 0.05) is 11.8 Å². The fourth-order valence-electron chi connectivity index (χ4n) is 5.74. The molecule has 0 bridgehead atoms. The maximum Gasteiger partial charge on any atom is 0.534 e. The molecule has 3 aliphatic rings. The van der Waals surface area contributed by atoms with Gasteiger partial charge in [0.25, 0.3) is 0 Å². The molecular weight excluding hydrogens is 393 g/mol. The average Bonchev–Trinajstić information content (AvgIpc) is 2.89. The van der Waals surface area contributed by atoms with Gasteiger partial charge < -0.3 is 4.18 Å². The summed E-state index contributed by atoms with van der Waals surface area (Å²) in [5.74, 6) is 1.11. The number of hydrogen-bond acceptors (Lipinski definition) is 4. The summed E-state index contributed by atoms with van der Waals surface area (Å²) in [5.41, 5.74) is -3.39. The Hall–Kier alpha value is -1.57. The third kappa shape index (κ3) is 2.86. The average molecular weight is 416 g/mol. The minimum atomic E-state index is -5.69. The largest absolute Gasteiger partial charge is 0.534 e. The summed E-state index contributed by atoms with van der Waals surface area (Å²) in [6, 6.07) is 3.24. The molecule has 2 fully saturated rings. The van der Waals surface area contributed by atoms with E-state index in [1.807, 2.05) is 0 Å². The van der Waals surface area contributed by atoms with Gasteiger partial charge in [-0.3, -0.25) is 4.79 Å². The molecule has 0 amide bonds. The van der Waals surface area contributed by atoms with Gasteiger partial charge in [-0.2, -0.15) is 21.6 Å². The summed E-state index contributed by atoms with van der Waals surface area (Å²) in [4.78, 5) is 12.4. The molecule has 4 rings (SSSR count). The summed E-state index contributed by atoms with van der Waals surface area (Å²) in [6.45, 7) is 3.65. The van der Waals surface area contributed by atoms with Crippen molar-refractivity contribution >= 4 is 15.9 Å². The highest BCUT2D eigenvalue weighted by Crippen LogP contribution is 2.59. The highest BCUT2D eigenvalue weighted by atomic mass is 32.2. The first-order valence-electron chi connectivity index (χ1n) is 9.61. The Morgan fingerprint density at radius 2 is 1.86 bits per heavy atom. The van der Waals surface area contributed by atoms with Crippen molar-refractivity contribution in [1.82, 2.24) is 0 Å². The van der Waals surface area contributed by atoms with E-state index in [2.05, 4.69) is 11.1 Å². The van der Waals surface area contributed by atoms with Crippen molar-refractivity contribution in [2.24, 2.45) is 17.3 Å². The first-order chi connectivity index (χ1) is 12.9. The van der Waals surface area contributed by atoms with Gasteiger partial charge in [-0.15, -0.1) is 0 Å². The lowest BCUT2D eigenvalue weighted by molar-refractivity contribution is -0.129. The molecule has 4 nitrogen and oxygen atoms in total. The Bertz CT molecular complexity index is 938. The second-order valence-electron chi connectivity index (χ2n) is 8.63. The molecule has 4 atom stereocenters. The van der Waals surface area contributed by atoms with Gasteiger partial charge in [0.15, 0.2) is 0 Å². The van der Waals surface area contributed by atoms with E-state index in [0.29, 0.717) is 36.0 Å². The number of alkyl halides is 3. The van der Waals surface area contributed by atoms with Crippen molar-refractivity contribution in [3.63, 3.8) is 0 Å². The first-order valence-corrected chi connectivity index (χ1v) is 11.0. The number of hydrogen-bond donors (Lipinski definition) is 0. The topological polar surface area (TPSA) is 60.4 Å². The molecule has 28 heavy (non-hydrogen) atoms. The first kappa shape index (κ1) is 19.7. The van der Waals surface area contributed by atoms with Gasteiger partial charge in [-0.1, -0.05) is 13.0 Å². The molecule has 0 aliphatic heterocycles. The van der Waals surface area contributed by atoms with Crippen LogP contribution < -0.4 is 4.18 Å². The number of ketones is 1. The van der Waals surface area contributed by atoms with E-state index >= 15 is 0 Å². The highest BCUT2D eigenvalue weighted by Gasteiger charge is 2.54. The van der Waals surface area contributed by atoms with Crippen LogP contribution in [0.25, 0.3) is 0 Å². The third-order valence-electron chi connectivity index (χ3n) is 7.21. The van der Waals surface area contributed by atoms with Crippen LogP contribution in [0.2, 0.25) is 0 Å². The molecule has 0 heterocycles. The molecule has 3 aliphatic carbocycles. The number of carbonyl (C=O) groups is 1. The minimum absolute atomic E-state index is 0.239. The SMILES string of the molecule is Cc1cc2c(cc1OS(=O)(=O)C(F)(F)F)CCC1C2CC[C@]2(C)C(=O)CCC12. The monoisotopic (exact) mass is 416 g/mol. The molecular formula is C20H23F3O4S. The van der Waals surface area contributed by atoms with Crippen LogP contribution in [0.1, 0.15) is 61.6 Å². The van der Waals surface area contributed by atoms with Gasteiger partial charge >= 0.3 is 15.6 Å². The highest BCUT2D eigenvalue weighted by molar-refractivity contribution is 7.88. The number of aryl methyl sites for hydroxylation is 2. The lowest BCUT2D eigenvalue weighted by Gasteiger charge is -2.48. The van der Waals surface area contributed by atoms with Gasteiger partial charge in [-0.05, 0) is 79.5 Å². The smallest absolute Gasteiger partial charge is 0.376 e. The summed E-state index contributed by atoms with van der Waals surface area (Å²) in [5, 5.41) is 0. The van der Waals surface area contributed by atoms with Crippen LogP contribution in [-0.2, 0) is 21.3 Å². The van der Waals surface area contributed by atoms with E-state index in [1.54, 1.807) is 13.0 Å². The zero-order chi connectivity index (χ0) is 20.5. The maximum atomic E-state index is 12.7. The van der Waals surface area contributed by atoms with E-state index in [4.69, 9.17) is 0 Å². The predicted octanol–water partition coefficient (Wildman–Crippen LogP) is 4.65. The van der Waals surface area contributed by atoms with E-state index in [9.17, 15) is 26.4 Å². The molecule has 0 spiro atoms. The van der Waals surface area contributed by atoms with Crippen molar-refractivity contribution < 1.29 is 30.6 Å². The van der Waals surface area contributed by atoms with Gasteiger partial charge in [-0.25, -0.2) is 0 Å². The standard InChI is InChI=1S/C20H23F3O4S/c1-11-9-15-12(10-17(11)27-28(25,26)20(21,22)23)3-4-14-13(15)7-8-19(2)16(14)5-6-18(19)24/h9-10,13-14,16H,3-8H2,1-2H3/t13?,14?,16?,19-/m0/s1. The molecule has 8 heteroatoms. The van der Waals surface area contributed by atoms with Crippen molar-refractivity contribution in [3.05, 3.63) is 28.8 Å². The zero-order valence-electron chi connectivity index (χ0n) is 15.8. The summed E-state index contributed by atoms with van der Waals surface area (Å²) >= 11 is 0. The molecule has 3 unspecified atom stereocenters. The van der Waals surface area contributed by atoms with Gasteiger partial charge in [0.1, 0.15) is 11.5 Å². The van der Waals surface area contributed by atoms with E-state index in [1.165, 1.54) is 6.07 Å². The number of fused-ring (bicyclic) bond motifs is 5. The van der Waals surface area contributed by atoms with Gasteiger partial charge in [0.05, 0.1) is 0 Å². The number of halogens is 3. The summed E-state index contributed by atoms with van der Waals surface area (Å²) < 4.78 is 65.2. The van der Waals surface area contributed by atoms with E-state index in [-0.39, 0.29) is 17.1 Å². The fourth-order valence-corrected chi connectivity index (χ4v) is 6.25. The van der Waals surface area contributed by atoms with Crippen LogP contribution in [0.15, 0.2) is 12.1 Å². The van der Waals surface area contributed by atoms with Crippen LogP contribution in [-0.4, -0.2) is 19.7 Å². The van der Waals surface area contributed by atoms with Crippen LogP contribution in [0.3, 0.4) is 0 Å². The quantitative estimate of drug-likeness (QED) is 0.520. The van der Waals surface area contributed by atoms with Crippen molar-refractivity contribution in [2.45, 2.75) is 63.8 Å². The number of carbonyl (C=O) groups excluding carboxylic acids is 1. The number of Topliss-reactive ketones (excluding diaryl/α,β-unsaturated/α-hetero) is 1. The van der Waals surface area contributed by atoms with E-state index < -0.39 is 15.6 Å². The molecule has 0 radical (unpaired) electrons. The minimum Gasteiger partial charge on any atom is -0.376 e. The van der Waals surface area contributed by atoms with Crippen LogP contribution in [0.5, 0.6) is 5.75 Å². The zero-order valence-corrected chi connectivity index (χ0v) is 16.6. The second-order valence-corrected chi connectivity index (χ2v) is 10.2. The maximum absolute atomic E-state index is 12.7. The Morgan fingerprint density at radius 1 is 1.14 bits per heavy atom. The lowest BCUT2D eigenvalue weighted by atomic mass is 9.55. The number of benzene rings is 1. The summed E-state index contributed by atoms with van der Waals surface area (Å²) in [7, 11) is -5.69. The van der Waals surface area contributed by atoms with Crippen molar-refractivity contribution in [2.75, 3.05) is 0 Å². The molecule has 0 aromatic heterocycles. The van der Waals surface area contributed by atoms with Crippen LogP contribution >= 0.6 is 0 Å². The third-order valence-corrected chi connectivity index (χ3v) is 8.18. The molecule has 0 saturated heterocycles. The van der Waals surface area contributed by atoms with E-state index in [0.717, 1.165) is 36.8 Å². The predicted molar refractivity (Wildman–Crippen MR) is 96.4 cm³/mol. The second kappa shape index (κ2) is 6.21. The molecule has 2 saturated carbocycles. The molecule has 1 aromatic carbocycles. The Labute approximate surface area is 162 Å². The molecule has 154 valence electrons. The lowest BCUT2D eigenvalue weighted by Crippen LogP contribution is -2.42. The Kier molecular flexibility index (Phi) is 4.38. The summed E-state index contributed by atoms with van der Waals surface area (Å²) in [6.07, 6.45) is 4.77. The fraction of sp³-hybridized carbons (Fsp3) is 0.650. The Balaban J connectivity index is 1.66. The molecule has 1 aromatic rings. The Morgan fingerprint density at radius 3 is 2.54 bits per heavy atom.